The average molecular weight is 81.9 g/mol. The van der Waals surface area contributed by atoms with E-state index < -0.39 is 0 Å². The molecule has 0 saturated carbocycles. The van der Waals surface area contributed by atoms with Gasteiger partial charge < -0.3 is 0 Å². The van der Waals surface area contributed by atoms with E-state index in [2.05, 4.69) is 0 Å². The Bertz CT molecular complexity index is 63.4. The number of hydrogen-bond acceptors (Lipinski definition) is 1. The van der Waals surface area contributed by atoms with E-state index in [1.165, 1.54) is 0 Å². The van der Waals surface area contributed by atoms with Gasteiger partial charge in [-0.15, -0.1) is 0 Å². The van der Waals surface area contributed by atoms with E-state index in [1.807, 2.05) is 23.5 Å². The molecule has 0 aliphatic rings. The molecule has 1 aromatic rings. The van der Waals surface area contributed by atoms with E-state index in [9.17, 15) is 0 Å². The molecule has 0 fully saturated rings. The molecule has 0 N–H and O–H groups in total. The molecule has 0 aromatic carbocycles. The first-order valence-corrected chi connectivity index (χ1v) is 2.41. The van der Waals surface area contributed by atoms with Gasteiger partial charge in [-0.2, -0.15) is 0 Å². The van der Waals surface area contributed by atoms with Crippen molar-refractivity contribution in [1.29, 1.82) is 0 Å². The molecule has 0 saturated heterocycles. The van der Waals surface area contributed by atoms with Gasteiger partial charge >= 0.3 is 34.9 Å². The first-order valence-electron chi connectivity index (χ1n) is 1.47. The third kappa shape index (κ3) is 0.584. The Balaban J connectivity index is 3.13. The van der Waals surface area contributed by atoms with Crippen molar-refractivity contribution in [2.45, 2.75) is 0 Å². The van der Waals surface area contributed by atoms with Gasteiger partial charge in [0, 0.05) is 0 Å². The standard InChI is InChI=1S/C3H3BS/c1-2-5-3-4-1/h1-3H. The van der Waals surface area contributed by atoms with E-state index in [1.54, 1.807) is 11.3 Å². The summed E-state index contributed by atoms with van der Waals surface area (Å²) < 4.78 is 0. The average Bonchev–Trinajstić information content (AvgIpc) is 1.76. The van der Waals surface area contributed by atoms with Gasteiger partial charge in [-0.05, 0) is 0 Å². The maximum absolute atomic E-state index is 2.04. The first kappa shape index (κ1) is 3.10. The number of hydrogen-bond donors (Lipinski definition) is 0. The van der Waals surface area contributed by atoms with Crippen LogP contribution in [-0.4, -0.2) is 6.91 Å². The predicted molar refractivity (Wildman–Crippen MR) is 25.7 cm³/mol. The Labute approximate surface area is 35.7 Å². The minimum absolute atomic E-state index is 1.71. The van der Waals surface area contributed by atoms with Gasteiger partial charge in [0.2, 0.25) is 0 Å². The zero-order valence-electron chi connectivity index (χ0n) is 2.72. The zero-order valence-corrected chi connectivity index (χ0v) is 3.53. The first-order chi connectivity index (χ1) is 2.50. The van der Waals surface area contributed by atoms with Crippen LogP contribution in [0.25, 0.3) is 0 Å². The Kier molecular flexibility index (Phi) is 0.844. The van der Waals surface area contributed by atoms with E-state index in [-0.39, 0.29) is 0 Å². The van der Waals surface area contributed by atoms with Crippen LogP contribution in [0.5, 0.6) is 0 Å². The molecule has 0 aliphatic carbocycles. The van der Waals surface area contributed by atoms with Gasteiger partial charge in [-0.25, -0.2) is 0 Å². The summed E-state index contributed by atoms with van der Waals surface area (Å²) in [5.74, 6) is 2.02. The van der Waals surface area contributed by atoms with Crippen LogP contribution in [0.15, 0.2) is 16.6 Å². The molecule has 0 nitrogen and oxygen atoms in total. The zero-order chi connectivity index (χ0) is 3.54. The molecule has 24 valence electrons. The van der Waals surface area contributed by atoms with E-state index >= 15 is 0 Å². The SMILES string of the molecule is b1ccsc1. The fourth-order valence-electron chi connectivity index (χ4n) is 0.227. The monoisotopic (exact) mass is 82.0 g/mol. The second kappa shape index (κ2) is 1.36. The Morgan fingerprint density at radius 3 is 2.80 bits per heavy atom. The molecule has 5 heavy (non-hydrogen) atoms. The van der Waals surface area contributed by atoms with Crippen molar-refractivity contribution in [1.82, 2.24) is 0 Å². The molecule has 0 atom stereocenters. The van der Waals surface area contributed by atoms with Crippen LogP contribution >= 0.6 is 11.3 Å². The molecule has 0 amide bonds. The van der Waals surface area contributed by atoms with Crippen LogP contribution in [0.4, 0.5) is 0 Å². The summed E-state index contributed by atoms with van der Waals surface area (Å²) in [6, 6.07) is 0. The van der Waals surface area contributed by atoms with Crippen LogP contribution < -0.4 is 0 Å². The summed E-state index contributed by atoms with van der Waals surface area (Å²) in [4.78, 5) is 0. The van der Waals surface area contributed by atoms with Gasteiger partial charge in [0.1, 0.15) is 0 Å². The molecule has 0 spiro atoms. The second-order valence-electron chi connectivity index (χ2n) is 0.793. The van der Waals surface area contributed by atoms with Crippen LogP contribution in [0.1, 0.15) is 0 Å². The van der Waals surface area contributed by atoms with Crippen LogP contribution in [-0.2, 0) is 0 Å². The molecule has 1 aromatic heterocycles. The van der Waals surface area contributed by atoms with E-state index in [4.69, 9.17) is 0 Å². The molecule has 0 radical (unpaired) electrons. The van der Waals surface area contributed by atoms with Crippen molar-refractivity contribution in [2.24, 2.45) is 0 Å². The summed E-state index contributed by atoms with van der Waals surface area (Å²) in [5, 5.41) is 4.08. The van der Waals surface area contributed by atoms with Gasteiger partial charge in [0.25, 0.3) is 0 Å². The van der Waals surface area contributed by atoms with Crippen molar-refractivity contribution < 1.29 is 0 Å². The third-order valence-corrected chi connectivity index (χ3v) is 1.05. The fraction of sp³-hybridized carbons (Fsp3) is 0. The predicted octanol–water partition coefficient (Wildman–Crippen LogP) is 1.09. The van der Waals surface area contributed by atoms with Crippen LogP contribution in [0, 0.1) is 0 Å². The minimum atomic E-state index is 1.71. The molecule has 1 rings (SSSR count). The molecular weight excluding hydrogens is 78.9 g/mol. The molecule has 1 heterocycles. The Morgan fingerprint density at radius 1 is 1.60 bits per heavy atom. The van der Waals surface area contributed by atoms with Gasteiger partial charge in [-0.1, -0.05) is 0 Å². The van der Waals surface area contributed by atoms with E-state index in [0.717, 1.165) is 0 Å². The number of rotatable bonds is 0. The topological polar surface area (TPSA) is 0 Å². The van der Waals surface area contributed by atoms with Gasteiger partial charge in [0.15, 0.2) is 0 Å². The second-order valence-corrected chi connectivity index (χ2v) is 1.61. The Hall–Kier alpha value is -0.105. The summed E-state index contributed by atoms with van der Waals surface area (Å²) in [5.41, 5.74) is 0. The van der Waals surface area contributed by atoms with Gasteiger partial charge in [-0.3, -0.25) is 0 Å². The fourth-order valence-corrected chi connectivity index (χ4v) is 0.680. The molecule has 0 unspecified atom stereocenters. The van der Waals surface area contributed by atoms with Crippen molar-refractivity contribution in [2.75, 3.05) is 0 Å². The molecular formula is C3H3BS. The summed E-state index contributed by atoms with van der Waals surface area (Å²) in [6.45, 7) is 2.02. The molecule has 2 heteroatoms. The summed E-state index contributed by atoms with van der Waals surface area (Å²) in [6.07, 6.45) is 0. The van der Waals surface area contributed by atoms with Crippen molar-refractivity contribution >= 4 is 18.2 Å². The van der Waals surface area contributed by atoms with Crippen molar-refractivity contribution in [3.63, 3.8) is 0 Å². The van der Waals surface area contributed by atoms with Crippen LogP contribution in [0.2, 0.25) is 0 Å². The van der Waals surface area contributed by atoms with E-state index in [0.29, 0.717) is 0 Å². The summed E-state index contributed by atoms with van der Waals surface area (Å²) in [7, 11) is 0. The third-order valence-electron chi connectivity index (χ3n) is 0.425. The Morgan fingerprint density at radius 2 is 2.60 bits per heavy atom. The maximum atomic E-state index is 2.04. The quantitative estimate of drug-likeness (QED) is 0.439. The summed E-state index contributed by atoms with van der Waals surface area (Å²) >= 11 is 1.71. The molecule has 0 bridgehead atoms. The normalized spacial score (nSPS) is 7.20. The van der Waals surface area contributed by atoms with Gasteiger partial charge in [0.05, 0.1) is 0 Å². The molecule has 0 aliphatic heterocycles. The van der Waals surface area contributed by atoms with Crippen molar-refractivity contribution in [3.05, 3.63) is 16.6 Å². The van der Waals surface area contributed by atoms with Crippen molar-refractivity contribution in [3.8, 4) is 0 Å². The van der Waals surface area contributed by atoms with Crippen LogP contribution in [0.3, 0.4) is 0 Å².